The SMILES string of the molecule is O=C(C1=C(O)C(=O)N(c2cccc(Cl)c2F)C1c1ccc(Cl)cc1)c1ccccc1. The lowest BCUT2D eigenvalue weighted by Gasteiger charge is -2.27. The van der Waals surface area contributed by atoms with Crippen molar-refractivity contribution in [1.82, 2.24) is 0 Å². The molecule has 0 aliphatic carbocycles. The molecule has 150 valence electrons. The highest BCUT2D eigenvalue weighted by Crippen LogP contribution is 2.43. The minimum absolute atomic E-state index is 0.144. The summed E-state index contributed by atoms with van der Waals surface area (Å²) in [6, 6.07) is 17.8. The number of nitrogens with zero attached hydrogens (tertiary/aromatic N) is 1. The number of carbonyl (C=O) groups excluding carboxylic acids is 2. The van der Waals surface area contributed by atoms with Crippen molar-refractivity contribution in [3.63, 3.8) is 0 Å². The summed E-state index contributed by atoms with van der Waals surface area (Å²) in [5, 5.41) is 10.9. The van der Waals surface area contributed by atoms with Crippen molar-refractivity contribution in [2.45, 2.75) is 6.04 Å². The predicted molar refractivity (Wildman–Crippen MR) is 114 cm³/mol. The number of halogens is 3. The van der Waals surface area contributed by atoms with Gasteiger partial charge < -0.3 is 5.11 Å². The van der Waals surface area contributed by atoms with Crippen molar-refractivity contribution in [1.29, 1.82) is 0 Å². The van der Waals surface area contributed by atoms with E-state index in [-0.39, 0.29) is 16.3 Å². The van der Waals surface area contributed by atoms with Gasteiger partial charge in [-0.3, -0.25) is 14.5 Å². The summed E-state index contributed by atoms with van der Waals surface area (Å²) < 4.78 is 14.8. The number of aliphatic hydroxyl groups is 1. The molecule has 4 rings (SSSR count). The fourth-order valence-corrected chi connectivity index (χ4v) is 3.77. The summed E-state index contributed by atoms with van der Waals surface area (Å²) in [5.41, 5.74) is 0.484. The van der Waals surface area contributed by atoms with E-state index in [9.17, 15) is 19.1 Å². The second-order valence-electron chi connectivity index (χ2n) is 6.66. The summed E-state index contributed by atoms with van der Waals surface area (Å²) in [4.78, 5) is 27.3. The van der Waals surface area contributed by atoms with Crippen molar-refractivity contribution >= 4 is 40.6 Å². The van der Waals surface area contributed by atoms with Gasteiger partial charge in [-0.05, 0) is 29.8 Å². The fourth-order valence-electron chi connectivity index (χ4n) is 3.47. The second kappa shape index (κ2) is 7.94. The molecule has 1 heterocycles. The number of rotatable bonds is 4. The first-order chi connectivity index (χ1) is 14.4. The van der Waals surface area contributed by atoms with Gasteiger partial charge in [0.25, 0.3) is 5.91 Å². The van der Waals surface area contributed by atoms with Gasteiger partial charge in [0, 0.05) is 10.6 Å². The molecular formula is C23H14Cl2FNO3. The molecule has 4 nitrogen and oxygen atoms in total. The average molecular weight is 442 g/mol. The molecule has 3 aromatic rings. The van der Waals surface area contributed by atoms with Gasteiger partial charge in [0.05, 0.1) is 22.3 Å². The summed E-state index contributed by atoms with van der Waals surface area (Å²) in [7, 11) is 0. The summed E-state index contributed by atoms with van der Waals surface area (Å²) in [6.45, 7) is 0. The van der Waals surface area contributed by atoms with Crippen LogP contribution in [-0.2, 0) is 4.79 Å². The Hall–Kier alpha value is -3.15. The molecule has 0 fully saturated rings. The zero-order valence-corrected chi connectivity index (χ0v) is 16.9. The summed E-state index contributed by atoms with van der Waals surface area (Å²) in [6.07, 6.45) is 0. The number of amides is 1. The normalized spacial score (nSPS) is 16.3. The molecule has 1 atom stereocenters. The highest BCUT2D eigenvalue weighted by Gasteiger charge is 2.45. The Balaban J connectivity index is 1.92. The molecular weight excluding hydrogens is 428 g/mol. The van der Waals surface area contributed by atoms with Crippen LogP contribution in [0.2, 0.25) is 10.0 Å². The second-order valence-corrected chi connectivity index (χ2v) is 7.50. The molecule has 0 spiro atoms. The highest BCUT2D eigenvalue weighted by molar-refractivity contribution is 6.31. The van der Waals surface area contributed by atoms with Crippen molar-refractivity contribution in [2.24, 2.45) is 0 Å². The number of hydrogen-bond donors (Lipinski definition) is 1. The van der Waals surface area contributed by atoms with Crippen molar-refractivity contribution < 1.29 is 19.1 Å². The minimum Gasteiger partial charge on any atom is -0.503 e. The van der Waals surface area contributed by atoms with Crippen LogP contribution in [-0.4, -0.2) is 16.8 Å². The van der Waals surface area contributed by atoms with Crippen LogP contribution in [0.3, 0.4) is 0 Å². The van der Waals surface area contributed by atoms with Gasteiger partial charge in [-0.25, -0.2) is 4.39 Å². The van der Waals surface area contributed by atoms with E-state index in [1.54, 1.807) is 54.6 Å². The number of aliphatic hydroxyl groups excluding tert-OH is 1. The first-order valence-electron chi connectivity index (χ1n) is 8.96. The van der Waals surface area contributed by atoms with Gasteiger partial charge in [-0.2, -0.15) is 0 Å². The average Bonchev–Trinajstić information content (AvgIpc) is 3.01. The van der Waals surface area contributed by atoms with Crippen LogP contribution in [0.4, 0.5) is 10.1 Å². The monoisotopic (exact) mass is 441 g/mol. The van der Waals surface area contributed by atoms with Gasteiger partial charge in [0.2, 0.25) is 0 Å². The first-order valence-corrected chi connectivity index (χ1v) is 9.71. The maximum atomic E-state index is 14.8. The van der Waals surface area contributed by atoms with E-state index in [4.69, 9.17) is 23.2 Å². The standard InChI is InChI=1S/C23H14Cl2FNO3/c24-15-11-9-13(10-12-15)20-18(21(28)14-5-2-1-3-6-14)22(29)23(30)27(20)17-8-4-7-16(25)19(17)26/h1-12,20,29H. The zero-order chi connectivity index (χ0) is 21.4. The predicted octanol–water partition coefficient (Wildman–Crippen LogP) is 5.92. The maximum absolute atomic E-state index is 14.8. The Morgan fingerprint density at radius 1 is 0.933 bits per heavy atom. The van der Waals surface area contributed by atoms with Crippen LogP contribution in [0.1, 0.15) is 22.0 Å². The number of hydrogen-bond acceptors (Lipinski definition) is 3. The van der Waals surface area contributed by atoms with Crippen LogP contribution in [0.5, 0.6) is 0 Å². The molecule has 30 heavy (non-hydrogen) atoms. The Morgan fingerprint density at radius 3 is 2.27 bits per heavy atom. The van der Waals surface area contributed by atoms with E-state index >= 15 is 0 Å². The molecule has 1 aliphatic rings. The van der Waals surface area contributed by atoms with Crippen LogP contribution < -0.4 is 4.90 Å². The summed E-state index contributed by atoms with van der Waals surface area (Å²) in [5.74, 6) is -2.99. The topological polar surface area (TPSA) is 57.6 Å². The third kappa shape index (κ3) is 3.36. The van der Waals surface area contributed by atoms with Gasteiger partial charge in [-0.15, -0.1) is 0 Å². The largest absolute Gasteiger partial charge is 0.503 e. The van der Waals surface area contributed by atoms with E-state index in [2.05, 4.69) is 0 Å². The van der Waals surface area contributed by atoms with Gasteiger partial charge in [0.1, 0.15) is 0 Å². The molecule has 1 amide bonds. The smallest absolute Gasteiger partial charge is 0.294 e. The molecule has 1 unspecified atom stereocenters. The van der Waals surface area contributed by atoms with Gasteiger partial charge in [0.15, 0.2) is 17.4 Å². The lowest BCUT2D eigenvalue weighted by Crippen LogP contribution is -2.31. The molecule has 1 N–H and O–H groups in total. The first kappa shape index (κ1) is 20.1. The van der Waals surface area contributed by atoms with E-state index in [0.29, 0.717) is 16.1 Å². The van der Waals surface area contributed by atoms with Crippen LogP contribution >= 0.6 is 23.2 Å². The van der Waals surface area contributed by atoms with E-state index in [1.807, 2.05) is 0 Å². The lowest BCUT2D eigenvalue weighted by atomic mass is 9.92. The quantitative estimate of drug-likeness (QED) is 0.511. The highest BCUT2D eigenvalue weighted by atomic mass is 35.5. The Kier molecular flexibility index (Phi) is 5.33. The Labute approximate surface area is 181 Å². The number of benzene rings is 3. The number of ketones is 1. The molecule has 0 radical (unpaired) electrons. The van der Waals surface area contributed by atoms with Crippen molar-refractivity contribution in [2.75, 3.05) is 4.90 Å². The van der Waals surface area contributed by atoms with Gasteiger partial charge >= 0.3 is 0 Å². The van der Waals surface area contributed by atoms with E-state index in [1.165, 1.54) is 18.2 Å². The number of Topliss-reactive ketones (excluding diaryl/α,β-unsaturated/α-hetero) is 1. The number of carbonyl (C=O) groups is 2. The van der Waals surface area contributed by atoms with Crippen LogP contribution in [0.25, 0.3) is 0 Å². The fraction of sp³-hybridized carbons (Fsp3) is 0.0435. The zero-order valence-electron chi connectivity index (χ0n) is 15.4. The van der Waals surface area contributed by atoms with Gasteiger partial charge in [-0.1, -0.05) is 71.7 Å². The van der Waals surface area contributed by atoms with Crippen molar-refractivity contribution in [3.8, 4) is 0 Å². The van der Waals surface area contributed by atoms with Crippen LogP contribution in [0.15, 0.2) is 84.1 Å². The molecule has 0 saturated carbocycles. The third-order valence-corrected chi connectivity index (χ3v) is 5.41. The molecule has 7 heteroatoms. The molecule has 1 aliphatic heterocycles. The molecule has 0 bridgehead atoms. The third-order valence-electron chi connectivity index (χ3n) is 4.87. The maximum Gasteiger partial charge on any atom is 0.294 e. The van der Waals surface area contributed by atoms with E-state index < -0.39 is 29.3 Å². The molecule has 3 aromatic carbocycles. The summed E-state index contributed by atoms with van der Waals surface area (Å²) >= 11 is 11.9. The van der Waals surface area contributed by atoms with Crippen LogP contribution in [0, 0.1) is 5.82 Å². The molecule has 0 saturated heterocycles. The number of anilines is 1. The van der Waals surface area contributed by atoms with E-state index in [0.717, 1.165) is 4.90 Å². The van der Waals surface area contributed by atoms with Crippen molar-refractivity contribution in [3.05, 3.63) is 111 Å². The Bertz CT molecular complexity index is 1180. The Morgan fingerprint density at radius 2 is 1.60 bits per heavy atom. The lowest BCUT2D eigenvalue weighted by molar-refractivity contribution is -0.117. The molecule has 0 aromatic heterocycles. The minimum atomic E-state index is -1.06.